The zero-order valence-electron chi connectivity index (χ0n) is 13.3. The summed E-state index contributed by atoms with van der Waals surface area (Å²) >= 11 is 0. The third-order valence-electron chi connectivity index (χ3n) is 3.60. The van der Waals surface area contributed by atoms with Crippen molar-refractivity contribution in [3.63, 3.8) is 0 Å². The van der Waals surface area contributed by atoms with Gasteiger partial charge in [-0.3, -0.25) is 4.79 Å². The zero-order chi connectivity index (χ0) is 18.7. The lowest BCUT2D eigenvalue weighted by Gasteiger charge is -2.34. The number of rotatable bonds is 5. The van der Waals surface area contributed by atoms with E-state index in [2.05, 4.69) is 14.8 Å². The van der Waals surface area contributed by atoms with E-state index < -0.39 is 28.7 Å². The van der Waals surface area contributed by atoms with Gasteiger partial charge < -0.3 is 15.0 Å². The zero-order valence-corrected chi connectivity index (χ0v) is 14.2. The number of sulfonamides is 1. The monoisotopic (exact) mass is 381 g/mol. The number of ether oxygens (including phenoxy) is 1. The van der Waals surface area contributed by atoms with E-state index in [0.29, 0.717) is 19.6 Å². The molecule has 1 saturated heterocycles. The van der Waals surface area contributed by atoms with Gasteiger partial charge in [0, 0.05) is 25.7 Å². The molecule has 0 aromatic heterocycles. The molecule has 0 spiro atoms. The van der Waals surface area contributed by atoms with Crippen molar-refractivity contribution in [2.24, 2.45) is 0 Å². The first-order valence-electron chi connectivity index (χ1n) is 7.44. The molecule has 1 aliphatic rings. The molecule has 1 fully saturated rings. The first kappa shape index (κ1) is 19.5. The van der Waals surface area contributed by atoms with Gasteiger partial charge in [0.25, 0.3) is 0 Å². The second-order valence-electron chi connectivity index (χ2n) is 5.48. The minimum atomic E-state index is -4.86. The maximum atomic E-state index is 12.1. The molecule has 1 heterocycles. The number of amides is 1. The molecule has 0 radical (unpaired) electrons. The SMILES string of the molecule is CC1CNCCN1C(=O)CNS(=O)(=O)c1ccc(OC(F)(F)F)cc1. The van der Waals surface area contributed by atoms with E-state index in [1.807, 2.05) is 6.92 Å². The van der Waals surface area contributed by atoms with Gasteiger partial charge in [-0.1, -0.05) is 0 Å². The average Bonchev–Trinajstić information content (AvgIpc) is 2.52. The van der Waals surface area contributed by atoms with Gasteiger partial charge in [0.15, 0.2) is 0 Å². The summed E-state index contributed by atoms with van der Waals surface area (Å²) in [5.74, 6) is -0.897. The van der Waals surface area contributed by atoms with Crippen molar-refractivity contribution in [1.82, 2.24) is 14.9 Å². The Morgan fingerprint density at radius 1 is 1.36 bits per heavy atom. The number of alkyl halides is 3. The van der Waals surface area contributed by atoms with Gasteiger partial charge >= 0.3 is 6.36 Å². The highest BCUT2D eigenvalue weighted by Crippen LogP contribution is 2.23. The molecular weight excluding hydrogens is 363 g/mol. The van der Waals surface area contributed by atoms with Crippen LogP contribution in [0.5, 0.6) is 5.75 Å². The summed E-state index contributed by atoms with van der Waals surface area (Å²) in [5, 5.41) is 3.11. The number of benzene rings is 1. The Kier molecular flexibility index (Phi) is 5.91. The molecule has 140 valence electrons. The highest BCUT2D eigenvalue weighted by atomic mass is 32.2. The second kappa shape index (κ2) is 7.58. The summed E-state index contributed by atoms with van der Waals surface area (Å²) in [6.45, 7) is 3.15. The molecular formula is C14H18F3N3O4S. The lowest BCUT2D eigenvalue weighted by Crippen LogP contribution is -2.54. The van der Waals surface area contributed by atoms with Crippen LogP contribution in [-0.4, -0.2) is 57.8 Å². The molecule has 2 rings (SSSR count). The van der Waals surface area contributed by atoms with Crippen molar-refractivity contribution < 1.29 is 31.1 Å². The number of carbonyl (C=O) groups excluding carboxylic acids is 1. The van der Waals surface area contributed by atoms with E-state index in [1.165, 1.54) is 0 Å². The fourth-order valence-corrected chi connectivity index (χ4v) is 3.35. The van der Waals surface area contributed by atoms with Crippen LogP contribution in [0.1, 0.15) is 6.92 Å². The molecule has 1 aromatic carbocycles. The van der Waals surface area contributed by atoms with Gasteiger partial charge in [0.2, 0.25) is 15.9 Å². The Labute approximate surface area is 143 Å². The number of halogens is 3. The average molecular weight is 381 g/mol. The Bertz CT molecular complexity index is 707. The van der Waals surface area contributed by atoms with Crippen LogP contribution in [0, 0.1) is 0 Å². The quantitative estimate of drug-likeness (QED) is 0.783. The topological polar surface area (TPSA) is 87.7 Å². The highest BCUT2D eigenvalue weighted by molar-refractivity contribution is 7.89. The minimum absolute atomic E-state index is 0.0513. The van der Waals surface area contributed by atoms with Gasteiger partial charge in [0.05, 0.1) is 11.4 Å². The van der Waals surface area contributed by atoms with Crippen LogP contribution < -0.4 is 14.8 Å². The molecule has 0 bridgehead atoms. The predicted octanol–water partition coefficient (Wildman–Crippen LogP) is 0.684. The highest BCUT2D eigenvalue weighted by Gasteiger charge is 2.31. The van der Waals surface area contributed by atoms with Crippen molar-refractivity contribution in [1.29, 1.82) is 0 Å². The van der Waals surface area contributed by atoms with Gasteiger partial charge in [-0.15, -0.1) is 13.2 Å². The third-order valence-corrected chi connectivity index (χ3v) is 5.02. The minimum Gasteiger partial charge on any atom is -0.406 e. The van der Waals surface area contributed by atoms with E-state index >= 15 is 0 Å². The van der Waals surface area contributed by atoms with Crippen LogP contribution in [-0.2, 0) is 14.8 Å². The number of hydrogen-bond acceptors (Lipinski definition) is 5. The molecule has 7 nitrogen and oxygen atoms in total. The number of nitrogens with one attached hydrogen (secondary N) is 2. The van der Waals surface area contributed by atoms with E-state index in [0.717, 1.165) is 24.3 Å². The van der Waals surface area contributed by atoms with Gasteiger partial charge in [-0.25, -0.2) is 13.1 Å². The summed E-state index contributed by atoms with van der Waals surface area (Å²) < 4.78 is 66.4. The van der Waals surface area contributed by atoms with Gasteiger partial charge in [0.1, 0.15) is 5.75 Å². The first-order valence-corrected chi connectivity index (χ1v) is 8.92. The molecule has 11 heteroatoms. The third kappa shape index (κ3) is 5.58. The van der Waals surface area contributed by atoms with Crippen molar-refractivity contribution in [2.45, 2.75) is 24.2 Å². The molecule has 0 aliphatic carbocycles. The molecule has 1 aliphatic heterocycles. The van der Waals surface area contributed by atoms with E-state index in [4.69, 9.17) is 0 Å². The Balaban J connectivity index is 1.98. The van der Waals surface area contributed by atoms with Gasteiger partial charge in [-0.05, 0) is 31.2 Å². The number of piperazine rings is 1. The van der Waals surface area contributed by atoms with Gasteiger partial charge in [-0.2, -0.15) is 0 Å². The molecule has 1 amide bonds. The fourth-order valence-electron chi connectivity index (χ4n) is 2.37. The van der Waals surface area contributed by atoms with Crippen LogP contribution in [0.2, 0.25) is 0 Å². The molecule has 1 aromatic rings. The molecule has 2 N–H and O–H groups in total. The first-order chi connectivity index (χ1) is 11.6. The van der Waals surface area contributed by atoms with Crippen LogP contribution in [0.25, 0.3) is 0 Å². The summed E-state index contributed by atoms with van der Waals surface area (Å²) in [5.41, 5.74) is 0. The Hall–Kier alpha value is -1.85. The lowest BCUT2D eigenvalue weighted by atomic mass is 10.2. The predicted molar refractivity (Wildman–Crippen MR) is 82.4 cm³/mol. The maximum absolute atomic E-state index is 12.1. The maximum Gasteiger partial charge on any atom is 0.573 e. The number of hydrogen-bond donors (Lipinski definition) is 2. The largest absolute Gasteiger partial charge is 0.573 e. The van der Waals surface area contributed by atoms with Crippen LogP contribution in [0.15, 0.2) is 29.2 Å². The van der Waals surface area contributed by atoms with Crippen LogP contribution in [0.4, 0.5) is 13.2 Å². The fraction of sp³-hybridized carbons (Fsp3) is 0.500. The number of carbonyl (C=O) groups is 1. The molecule has 1 unspecified atom stereocenters. The van der Waals surface area contributed by atoms with E-state index in [-0.39, 0.29) is 16.8 Å². The van der Waals surface area contributed by atoms with E-state index in [9.17, 15) is 26.4 Å². The Morgan fingerprint density at radius 2 is 2.00 bits per heavy atom. The molecule has 1 atom stereocenters. The standard InChI is InChI=1S/C14H18F3N3O4S/c1-10-8-18-6-7-20(10)13(21)9-19-25(22,23)12-4-2-11(3-5-12)24-14(15,16)17/h2-5,10,18-19H,6-9H2,1H3. The lowest BCUT2D eigenvalue weighted by molar-refractivity contribution is -0.274. The van der Waals surface area contributed by atoms with Crippen molar-refractivity contribution in [2.75, 3.05) is 26.2 Å². The summed E-state index contributed by atoms with van der Waals surface area (Å²) in [6.07, 6.45) is -4.86. The van der Waals surface area contributed by atoms with Crippen molar-refractivity contribution in [3.8, 4) is 5.75 Å². The van der Waals surface area contributed by atoms with Crippen molar-refractivity contribution in [3.05, 3.63) is 24.3 Å². The number of nitrogens with zero attached hydrogens (tertiary/aromatic N) is 1. The Morgan fingerprint density at radius 3 is 2.56 bits per heavy atom. The molecule has 0 saturated carbocycles. The van der Waals surface area contributed by atoms with Crippen LogP contribution in [0.3, 0.4) is 0 Å². The normalized spacial score (nSPS) is 18.9. The smallest absolute Gasteiger partial charge is 0.406 e. The van der Waals surface area contributed by atoms with Crippen molar-refractivity contribution >= 4 is 15.9 Å². The molecule has 25 heavy (non-hydrogen) atoms. The summed E-state index contributed by atoms with van der Waals surface area (Å²) in [7, 11) is -4.02. The second-order valence-corrected chi connectivity index (χ2v) is 7.25. The van der Waals surface area contributed by atoms with E-state index in [1.54, 1.807) is 4.90 Å². The van der Waals surface area contributed by atoms with Crippen LogP contribution >= 0.6 is 0 Å². The summed E-state index contributed by atoms with van der Waals surface area (Å²) in [4.78, 5) is 13.4. The summed E-state index contributed by atoms with van der Waals surface area (Å²) in [6, 6.07) is 3.68.